The van der Waals surface area contributed by atoms with Gasteiger partial charge in [-0.05, 0) is 25.3 Å². The first kappa shape index (κ1) is 13.8. The van der Waals surface area contributed by atoms with Crippen LogP contribution in [0, 0.1) is 5.41 Å². The zero-order valence-corrected chi connectivity index (χ0v) is 11.4. The highest BCUT2D eigenvalue weighted by molar-refractivity contribution is 5.87. The van der Waals surface area contributed by atoms with Gasteiger partial charge in [-0.25, -0.2) is 9.78 Å². The van der Waals surface area contributed by atoms with Crippen molar-refractivity contribution in [1.82, 2.24) is 4.98 Å². The molecule has 1 aromatic rings. The molecule has 4 nitrogen and oxygen atoms in total. The van der Waals surface area contributed by atoms with E-state index in [1.807, 2.05) is 0 Å². The van der Waals surface area contributed by atoms with Gasteiger partial charge in [0.1, 0.15) is 0 Å². The molecule has 19 heavy (non-hydrogen) atoms. The first-order valence-electron chi connectivity index (χ1n) is 6.97. The molecule has 1 saturated carbocycles. The molecular weight excluding hydrogens is 242 g/mol. The van der Waals surface area contributed by atoms with E-state index in [0.29, 0.717) is 17.9 Å². The molecule has 0 unspecified atom stereocenters. The molecule has 0 amide bonds. The van der Waals surface area contributed by atoms with Crippen molar-refractivity contribution in [3.63, 3.8) is 0 Å². The molecule has 0 aromatic carbocycles. The molecule has 0 saturated heterocycles. The Bertz CT molecular complexity index is 424. The summed E-state index contributed by atoms with van der Waals surface area (Å²) in [6.07, 6.45) is 8.79. The molecule has 104 valence electrons. The van der Waals surface area contributed by atoms with Gasteiger partial charge in [-0.1, -0.05) is 26.2 Å². The zero-order valence-electron chi connectivity index (χ0n) is 11.4. The minimum absolute atomic E-state index is 0.191. The second-order valence-corrected chi connectivity index (χ2v) is 5.44. The van der Waals surface area contributed by atoms with Crippen LogP contribution in [0.2, 0.25) is 0 Å². The smallest absolute Gasteiger partial charge is 0.337 e. The maximum absolute atomic E-state index is 10.7. The Labute approximate surface area is 113 Å². The lowest BCUT2D eigenvalue weighted by molar-refractivity contribution is 0.0442. The van der Waals surface area contributed by atoms with Crippen molar-refractivity contribution in [3.8, 4) is 5.88 Å². The zero-order chi connectivity index (χ0) is 13.7. The number of nitrogens with zero attached hydrogens (tertiary/aromatic N) is 1. The molecule has 4 heteroatoms. The third-order valence-electron chi connectivity index (χ3n) is 3.98. The van der Waals surface area contributed by atoms with Crippen LogP contribution in [0.3, 0.4) is 0 Å². The molecular formula is C15H21NO3. The average molecular weight is 263 g/mol. The predicted octanol–water partition coefficient (Wildman–Crippen LogP) is 3.52. The van der Waals surface area contributed by atoms with Gasteiger partial charge < -0.3 is 9.84 Å². The van der Waals surface area contributed by atoms with Crippen molar-refractivity contribution >= 4 is 5.97 Å². The van der Waals surface area contributed by atoms with E-state index in [4.69, 9.17) is 9.84 Å². The monoisotopic (exact) mass is 263 g/mol. The molecule has 0 bridgehead atoms. The molecule has 0 radical (unpaired) electrons. The van der Waals surface area contributed by atoms with Crippen molar-refractivity contribution in [1.29, 1.82) is 0 Å². The minimum atomic E-state index is -0.961. The molecule has 1 aliphatic carbocycles. The van der Waals surface area contributed by atoms with Crippen LogP contribution < -0.4 is 4.74 Å². The summed E-state index contributed by atoms with van der Waals surface area (Å²) in [6, 6.07) is 3.17. The Kier molecular flexibility index (Phi) is 4.40. The normalized spacial score (nSPS) is 16.7. The second-order valence-electron chi connectivity index (χ2n) is 5.44. The van der Waals surface area contributed by atoms with Gasteiger partial charge >= 0.3 is 5.97 Å². The summed E-state index contributed by atoms with van der Waals surface area (Å²) in [5.41, 5.74) is 0.528. The Morgan fingerprint density at radius 3 is 2.74 bits per heavy atom. The maximum atomic E-state index is 10.7. The Hall–Kier alpha value is -1.58. The standard InChI is InChI=1S/C15H21NO3/c1-2-3-7-15(8-4-9-15)11-19-13-6-5-12(10-16-13)14(17)18/h5-6,10H,2-4,7-9,11H2,1H3,(H,17,18). The lowest BCUT2D eigenvalue weighted by atomic mass is 9.66. The van der Waals surface area contributed by atoms with Crippen LogP contribution in [0.5, 0.6) is 5.88 Å². The molecule has 1 heterocycles. The number of hydrogen-bond acceptors (Lipinski definition) is 3. The van der Waals surface area contributed by atoms with Crippen molar-refractivity contribution < 1.29 is 14.6 Å². The predicted molar refractivity (Wildman–Crippen MR) is 72.5 cm³/mol. The summed E-state index contributed by atoms with van der Waals surface area (Å²) in [6.45, 7) is 2.91. The van der Waals surface area contributed by atoms with Crippen LogP contribution in [0.1, 0.15) is 55.8 Å². The minimum Gasteiger partial charge on any atom is -0.478 e. The second kappa shape index (κ2) is 6.04. The summed E-state index contributed by atoms with van der Waals surface area (Å²) >= 11 is 0. The van der Waals surface area contributed by atoms with E-state index in [2.05, 4.69) is 11.9 Å². The van der Waals surface area contributed by atoms with E-state index in [1.54, 1.807) is 6.07 Å². The number of pyridine rings is 1. The fourth-order valence-corrected chi connectivity index (χ4v) is 2.51. The highest BCUT2D eigenvalue weighted by Crippen LogP contribution is 2.45. The topological polar surface area (TPSA) is 59.4 Å². The molecule has 2 rings (SSSR count). The van der Waals surface area contributed by atoms with Crippen LogP contribution >= 0.6 is 0 Å². The lowest BCUT2D eigenvalue weighted by Crippen LogP contribution is -2.35. The van der Waals surface area contributed by atoms with Crippen LogP contribution in [0.15, 0.2) is 18.3 Å². The maximum Gasteiger partial charge on any atom is 0.337 e. The number of carboxylic acid groups (broad SMARTS) is 1. The van der Waals surface area contributed by atoms with E-state index in [9.17, 15) is 4.79 Å². The first-order valence-corrected chi connectivity index (χ1v) is 6.97. The van der Waals surface area contributed by atoms with Crippen molar-refractivity contribution in [2.75, 3.05) is 6.61 Å². The van der Waals surface area contributed by atoms with Gasteiger partial charge in [-0.15, -0.1) is 0 Å². The number of unbranched alkanes of at least 4 members (excludes halogenated alkanes) is 1. The molecule has 0 spiro atoms. The van der Waals surface area contributed by atoms with E-state index in [-0.39, 0.29) is 5.56 Å². The van der Waals surface area contributed by atoms with Gasteiger partial charge in [0, 0.05) is 17.7 Å². The number of rotatable bonds is 7. The van der Waals surface area contributed by atoms with Crippen LogP contribution in [0.4, 0.5) is 0 Å². The van der Waals surface area contributed by atoms with Crippen molar-refractivity contribution in [3.05, 3.63) is 23.9 Å². The summed E-state index contributed by atoms with van der Waals surface area (Å²) in [5.74, 6) is -0.440. The molecule has 1 aliphatic rings. The number of carboxylic acids is 1. The number of aromatic carboxylic acids is 1. The van der Waals surface area contributed by atoms with Crippen molar-refractivity contribution in [2.24, 2.45) is 5.41 Å². The van der Waals surface area contributed by atoms with Crippen LogP contribution in [-0.2, 0) is 0 Å². The number of hydrogen-bond donors (Lipinski definition) is 1. The highest BCUT2D eigenvalue weighted by Gasteiger charge is 2.37. The Morgan fingerprint density at radius 1 is 1.47 bits per heavy atom. The van der Waals surface area contributed by atoms with Gasteiger partial charge in [-0.2, -0.15) is 0 Å². The van der Waals surface area contributed by atoms with Gasteiger partial charge in [0.15, 0.2) is 0 Å². The first-order chi connectivity index (χ1) is 9.15. The summed E-state index contributed by atoms with van der Waals surface area (Å²) in [5, 5.41) is 8.80. The summed E-state index contributed by atoms with van der Waals surface area (Å²) < 4.78 is 5.74. The highest BCUT2D eigenvalue weighted by atomic mass is 16.5. The van der Waals surface area contributed by atoms with E-state index >= 15 is 0 Å². The fourth-order valence-electron chi connectivity index (χ4n) is 2.51. The number of ether oxygens (including phenoxy) is 1. The van der Waals surface area contributed by atoms with Gasteiger partial charge in [0.2, 0.25) is 5.88 Å². The molecule has 0 aliphatic heterocycles. The number of carbonyl (C=O) groups is 1. The Morgan fingerprint density at radius 2 is 2.26 bits per heavy atom. The quantitative estimate of drug-likeness (QED) is 0.817. The fraction of sp³-hybridized carbons (Fsp3) is 0.600. The number of aromatic nitrogens is 1. The van der Waals surface area contributed by atoms with Gasteiger partial charge in [0.25, 0.3) is 0 Å². The Balaban J connectivity index is 1.88. The lowest BCUT2D eigenvalue weighted by Gasteiger charge is -2.41. The third kappa shape index (κ3) is 3.46. The third-order valence-corrected chi connectivity index (χ3v) is 3.98. The average Bonchev–Trinajstić information content (AvgIpc) is 2.37. The van der Waals surface area contributed by atoms with Crippen LogP contribution in [0.25, 0.3) is 0 Å². The molecule has 1 aromatic heterocycles. The van der Waals surface area contributed by atoms with E-state index in [1.165, 1.54) is 50.8 Å². The largest absolute Gasteiger partial charge is 0.478 e. The molecule has 1 fully saturated rings. The molecule has 1 N–H and O–H groups in total. The van der Waals surface area contributed by atoms with Gasteiger partial charge in [0.05, 0.1) is 12.2 Å². The van der Waals surface area contributed by atoms with Crippen molar-refractivity contribution in [2.45, 2.75) is 45.4 Å². The SMILES string of the molecule is CCCCC1(COc2ccc(C(=O)O)cn2)CCC1. The van der Waals surface area contributed by atoms with E-state index < -0.39 is 5.97 Å². The van der Waals surface area contributed by atoms with Gasteiger partial charge in [-0.3, -0.25) is 0 Å². The molecule has 0 atom stereocenters. The van der Waals surface area contributed by atoms with E-state index in [0.717, 1.165) is 0 Å². The summed E-state index contributed by atoms with van der Waals surface area (Å²) in [7, 11) is 0. The van der Waals surface area contributed by atoms with Crippen LogP contribution in [-0.4, -0.2) is 22.7 Å². The summed E-state index contributed by atoms with van der Waals surface area (Å²) in [4.78, 5) is 14.8.